The summed E-state index contributed by atoms with van der Waals surface area (Å²) in [5.41, 5.74) is 1.05. The van der Waals surface area contributed by atoms with Crippen LogP contribution in [0.15, 0.2) is 48.8 Å². The van der Waals surface area contributed by atoms with E-state index in [-0.39, 0.29) is 24.2 Å². The Balaban J connectivity index is 1.34. The summed E-state index contributed by atoms with van der Waals surface area (Å²) in [4.78, 5) is 18.8. The van der Waals surface area contributed by atoms with Crippen molar-refractivity contribution in [3.8, 4) is 5.75 Å². The Morgan fingerprint density at radius 3 is 2.58 bits per heavy atom. The van der Waals surface area contributed by atoms with E-state index in [0.717, 1.165) is 37.0 Å². The molecule has 1 N–H and O–H groups in total. The van der Waals surface area contributed by atoms with Crippen LogP contribution in [0, 0.1) is 0 Å². The zero-order valence-corrected chi connectivity index (χ0v) is 15.2. The number of pyridine rings is 1. The summed E-state index contributed by atoms with van der Waals surface area (Å²) in [6.07, 6.45) is 7.48. The van der Waals surface area contributed by atoms with Crippen LogP contribution in [0.1, 0.15) is 31.2 Å². The number of carbonyl (C=O) groups excluding carboxylic acids is 1. The molecule has 2 unspecified atom stereocenters. The number of hydrogen-bond acceptors (Lipinski definition) is 3. The highest BCUT2D eigenvalue weighted by Crippen LogP contribution is 2.37. The standard InChI is InChI=1S/C20H22ClN3O2/c21-15-5-3-14(4-6-15)12-23-20(25)24-16-7-8-17(24)11-19(10-16)26-18-2-1-9-22-13-18/h1-6,9,13,16-17,19H,7-8,10-12H2,(H,23,25). The first-order valence-electron chi connectivity index (χ1n) is 9.06. The lowest BCUT2D eigenvalue weighted by atomic mass is 10.00. The summed E-state index contributed by atoms with van der Waals surface area (Å²) in [6.45, 7) is 0.515. The Hall–Kier alpha value is -2.27. The molecule has 0 saturated carbocycles. The topological polar surface area (TPSA) is 54.5 Å². The number of nitrogens with one attached hydrogen (secondary N) is 1. The van der Waals surface area contributed by atoms with Gasteiger partial charge in [0.2, 0.25) is 0 Å². The van der Waals surface area contributed by atoms with Gasteiger partial charge in [-0.05, 0) is 42.7 Å². The summed E-state index contributed by atoms with van der Waals surface area (Å²) in [7, 11) is 0. The van der Waals surface area contributed by atoms with Crippen LogP contribution in [0.25, 0.3) is 0 Å². The molecule has 2 aromatic rings. The van der Waals surface area contributed by atoms with E-state index in [1.54, 1.807) is 12.4 Å². The number of hydrogen-bond donors (Lipinski definition) is 1. The van der Waals surface area contributed by atoms with Crippen LogP contribution in [0.4, 0.5) is 4.79 Å². The van der Waals surface area contributed by atoms with Gasteiger partial charge in [-0.25, -0.2) is 4.79 Å². The smallest absolute Gasteiger partial charge is 0.318 e. The minimum atomic E-state index is 0.0206. The van der Waals surface area contributed by atoms with E-state index in [4.69, 9.17) is 16.3 Å². The van der Waals surface area contributed by atoms with Gasteiger partial charge in [0.15, 0.2) is 0 Å². The van der Waals surface area contributed by atoms with Gasteiger partial charge in [0, 0.05) is 42.7 Å². The fourth-order valence-electron chi connectivity index (χ4n) is 4.04. The number of fused-ring (bicyclic) bond motifs is 2. The molecule has 2 fully saturated rings. The summed E-state index contributed by atoms with van der Waals surface area (Å²) in [5.74, 6) is 0.803. The van der Waals surface area contributed by atoms with Crippen molar-refractivity contribution in [1.82, 2.24) is 15.2 Å². The molecule has 2 amide bonds. The number of piperidine rings is 1. The third-order valence-electron chi connectivity index (χ3n) is 5.22. The first kappa shape index (κ1) is 17.2. The molecule has 2 bridgehead atoms. The predicted molar refractivity (Wildman–Crippen MR) is 100 cm³/mol. The summed E-state index contributed by atoms with van der Waals surface area (Å²) in [6, 6.07) is 11.9. The molecule has 1 aromatic heterocycles. The van der Waals surface area contributed by atoms with Gasteiger partial charge in [-0.3, -0.25) is 4.98 Å². The largest absolute Gasteiger partial charge is 0.489 e. The molecule has 3 heterocycles. The molecule has 26 heavy (non-hydrogen) atoms. The van der Waals surface area contributed by atoms with E-state index in [2.05, 4.69) is 10.3 Å². The van der Waals surface area contributed by atoms with E-state index in [1.807, 2.05) is 41.3 Å². The second-order valence-electron chi connectivity index (χ2n) is 6.98. The monoisotopic (exact) mass is 371 g/mol. The zero-order chi connectivity index (χ0) is 17.9. The first-order chi connectivity index (χ1) is 12.7. The molecule has 0 radical (unpaired) electrons. The number of rotatable bonds is 4. The number of amides is 2. The lowest BCUT2D eigenvalue weighted by Crippen LogP contribution is -2.52. The normalized spacial score (nSPS) is 24.3. The van der Waals surface area contributed by atoms with Gasteiger partial charge in [0.25, 0.3) is 0 Å². The van der Waals surface area contributed by atoms with Gasteiger partial charge >= 0.3 is 6.03 Å². The molecule has 1 aromatic carbocycles. The molecule has 2 atom stereocenters. The number of nitrogens with zero attached hydrogens (tertiary/aromatic N) is 2. The highest BCUT2D eigenvalue weighted by atomic mass is 35.5. The Bertz CT molecular complexity index is 739. The number of benzene rings is 1. The second kappa shape index (κ2) is 7.54. The van der Waals surface area contributed by atoms with Crippen molar-refractivity contribution in [1.29, 1.82) is 0 Å². The highest BCUT2D eigenvalue weighted by Gasteiger charge is 2.44. The molecule has 6 heteroatoms. The molecular weight excluding hydrogens is 350 g/mol. The Kier molecular flexibility index (Phi) is 4.98. The van der Waals surface area contributed by atoms with Gasteiger partial charge in [-0.2, -0.15) is 0 Å². The van der Waals surface area contributed by atoms with Crippen LogP contribution in [0.5, 0.6) is 5.75 Å². The van der Waals surface area contributed by atoms with Crippen LogP contribution in [-0.4, -0.2) is 34.1 Å². The zero-order valence-electron chi connectivity index (χ0n) is 14.5. The number of halogens is 1. The molecule has 0 spiro atoms. The maximum atomic E-state index is 12.7. The molecule has 2 saturated heterocycles. The van der Waals surface area contributed by atoms with Crippen LogP contribution in [0.3, 0.4) is 0 Å². The lowest BCUT2D eigenvalue weighted by Gasteiger charge is -2.38. The number of aromatic nitrogens is 1. The van der Waals surface area contributed by atoms with Crippen molar-refractivity contribution < 1.29 is 9.53 Å². The average Bonchev–Trinajstić information content (AvgIpc) is 2.93. The molecule has 2 aliphatic rings. The van der Waals surface area contributed by atoms with Gasteiger partial charge in [-0.15, -0.1) is 0 Å². The first-order valence-corrected chi connectivity index (χ1v) is 9.44. The van der Waals surface area contributed by atoms with E-state index in [9.17, 15) is 4.79 Å². The molecule has 136 valence electrons. The van der Waals surface area contributed by atoms with Crippen molar-refractivity contribution >= 4 is 17.6 Å². The Morgan fingerprint density at radius 2 is 1.92 bits per heavy atom. The van der Waals surface area contributed by atoms with Gasteiger partial charge in [0.05, 0.1) is 6.20 Å². The quantitative estimate of drug-likeness (QED) is 0.883. The highest BCUT2D eigenvalue weighted by molar-refractivity contribution is 6.30. The third-order valence-corrected chi connectivity index (χ3v) is 5.47. The molecule has 5 nitrogen and oxygen atoms in total. The Morgan fingerprint density at radius 1 is 1.19 bits per heavy atom. The lowest BCUT2D eigenvalue weighted by molar-refractivity contribution is 0.0684. The van der Waals surface area contributed by atoms with E-state index in [0.29, 0.717) is 11.6 Å². The van der Waals surface area contributed by atoms with E-state index in [1.165, 1.54) is 0 Å². The predicted octanol–water partition coefficient (Wildman–Crippen LogP) is 4.02. The SMILES string of the molecule is O=C(NCc1ccc(Cl)cc1)N1C2CCC1CC(Oc1cccnc1)C2. The fraction of sp³-hybridized carbons (Fsp3) is 0.400. The number of carbonyl (C=O) groups is 1. The van der Waals surface area contributed by atoms with Gasteiger partial charge in [-0.1, -0.05) is 23.7 Å². The fourth-order valence-corrected chi connectivity index (χ4v) is 4.16. The van der Waals surface area contributed by atoms with Crippen molar-refractivity contribution in [2.24, 2.45) is 0 Å². The van der Waals surface area contributed by atoms with Crippen molar-refractivity contribution in [3.63, 3.8) is 0 Å². The summed E-state index contributed by atoms with van der Waals surface area (Å²) < 4.78 is 6.07. The van der Waals surface area contributed by atoms with Crippen molar-refractivity contribution in [2.75, 3.05) is 0 Å². The minimum Gasteiger partial charge on any atom is -0.489 e. The summed E-state index contributed by atoms with van der Waals surface area (Å²) in [5, 5.41) is 3.75. The van der Waals surface area contributed by atoms with Crippen LogP contribution >= 0.6 is 11.6 Å². The van der Waals surface area contributed by atoms with E-state index >= 15 is 0 Å². The van der Waals surface area contributed by atoms with Gasteiger partial charge in [0.1, 0.15) is 11.9 Å². The average molecular weight is 372 g/mol. The number of ether oxygens (including phenoxy) is 1. The molecule has 0 aliphatic carbocycles. The molecule has 2 aliphatic heterocycles. The Labute approximate surface area is 158 Å². The van der Waals surface area contributed by atoms with Gasteiger partial charge < -0.3 is 15.0 Å². The number of urea groups is 1. The van der Waals surface area contributed by atoms with Crippen LogP contribution < -0.4 is 10.1 Å². The maximum absolute atomic E-state index is 12.7. The molecule has 4 rings (SSSR count). The molecular formula is C20H22ClN3O2. The van der Waals surface area contributed by atoms with Crippen LogP contribution in [-0.2, 0) is 6.54 Å². The van der Waals surface area contributed by atoms with E-state index < -0.39 is 0 Å². The van der Waals surface area contributed by atoms with Crippen molar-refractivity contribution in [3.05, 3.63) is 59.4 Å². The second-order valence-corrected chi connectivity index (χ2v) is 7.41. The maximum Gasteiger partial charge on any atom is 0.318 e. The van der Waals surface area contributed by atoms with Crippen molar-refractivity contribution in [2.45, 2.75) is 50.4 Å². The minimum absolute atomic E-state index is 0.0206. The van der Waals surface area contributed by atoms with Crippen LogP contribution in [0.2, 0.25) is 5.02 Å². The third kappa shape index (κ3) is 3.78. The summed E-state index contributed by atoms with van der Waals surface area (Å²) >= 11 is 5.90.